The van der Waals surface area contributed by atoms with Gasteiger partial charge >= 0.3 is 0 Å². The van der Waals surface area contributed by atoms with Crippen molar-refractivity contribution in [1.82, 2.24) is 0 Å². The number of carbonyl (C=O) groups is 2. The Morgan fingerprint density at radius 2 is 2.07 bits per heavy atom. The molecule has 0 N–H and O–H groups in total. The highest BCUT2D eigenvalue weighted by molar-refractivity contribution is 6.04. The fourth-order valence-electron chi connectivity index (χ4n) is 1.72. The second kappa shape index (κ2) is 5.37. The van der Waals surface area contributed by atoms with E-state index in [1.807, 2.05) is 0 Å². The topological polar surface area (TPSA) is 52.6 Å². The third kappa shape index (κ3) is 2.86. The van der Waals surface area contributed by atoms with Crippen LogP contribution in [0.1, 0.15) is 20.3 Å². The van der Waals surface area contributed by atoms with Crippen molar-refractivity contribution in [2.45, 2.75) is 26.4 Å². The molecule has 1 saturated heterocycles. The van der Waals surface area contributed by atoms with Gasteiger partial charge in [-0.1, -0.05) is 0 Å². The number of rotatable bonds is 5. The number of carbonyl (C=O) groups excluding carboxylic acids is 2. The average Bonchev–Trinajstić information content (AvgIpc) is 2.78. The number of hydrogen-bond donors (Lipinski definition) is 0. The first-order chi connectivity index (χ1) is 7.07. The van der Waals surface area contributed by atoms with Crippen molar-refractivity contribution in [3.05, 3.63) is 0 Å². The maximum absolute atomic E-state index is 11.9. The molecule has 1 heterocycles. The van der Waals surface area contributed by atoms with E-state index >= 15 is 0 Å². The Balaban J connectivity index is 2.55. The van der Waals surface area contributed by atoms with Gasteiger partial charge in [-0.25, -0.2) is 0 Å². The monoisotopic (exact) mass is 214 g/mol. The Bertz CT molecular complexity index is 243. The van der Waals surface area contributed by atoms with Crippen LogP contribution >= 0.6 is 0 Å². The van der Waals surface area contributed by atoms with E-state index in [0.29, 0.717) is 13.2 Å². The molecular formula is C11H18O4. The van der Waals surface area contributed by atoms with Gasteiger partial charge in [-0.05, 0) is 20.3 Å². The van der Waals surface area contributed by atoms with Crippen LogP contribution in [-0.4, -0.2) is 38.0 Å². The normalized spacial score (nSPS) is 24.9. The van der Waals surface area contributed by atoms with Crippen LogP contribution < -0.4 is 0 Å². The van der Waals surface area contributed by atoms with Crippen molar-refractivity contribution in [3.8, 4) is 0 Å². The molecule has 86 valence electrons. The summed E-state index contributed by atoms with van der Waals surface area (Å²) in [7, 11) is 1.47. The molecule has 1 aliphatic heterocycles. The van der Waals surface area contributed by atoms with E-state index in [0.717, 1.165) is 6.42 Å². The third-order valence-corrected chi connectivity index (χ3v) is 2.94. The predicted molar refractivity (Wildman–Crippen MR) is 54.6 cm³/mol. The minimum absolute atomic E-state index is 0.0126. The molecule has 0 saturated carbocycles. The van der Waals surface area contributed by atoms with Crippen molar-refractivity contribution in [2.24, 2.45) is 11.8 Å². The fourth-order valence-corrected chi connectivity index (χ4v) is 1.72. The summed E-state index contributed by atoms with van der Waals surface area (Å²) in [6, 6.07) is 0. The van der Waals surface area contributed by atoms with Crippen LogP contribution in [0.25, 0.3) is 0 Å². The van der Waals surface area contributed by atoms with Crippen LogP contribution in [0.4, 0.5) is 0 Å². The Kier molecular flexibility index (Phi) is 4.42. The summed E-state index contributed by atoms with van der Waals surface area (Å²) in [5.41, 5.74) is 0. The van der Waals surface area contributed by atoms with Crippen molar-refractivity contribution >= 4 is 11.6 Å². The van der Waals surface area contributed by atoms with Crippen molar-refractivity contribution < 1.29 is 19.1 Å². The first-order valence-electron chi connectivity index (χ1n) is 5.26. The molecule has 0 spiro atoms. The van der Waals surface area contributed by atoms with Gasteiger partial charge in [0.1, 0.15) is 11.9 Å². The van der Waals surface area contributed by atoms with Gasteiger partial charge in [-0.2, -0.15) is 0 Å². The summed E-state index contributed by atoms with van der Waals surface area (Å²) in [4.78, 5) is 23.5. The zero-order valence-electron chi connectivity index (χ0n) is 9.49. The molecule has 1 rings (SSSR count). The van der Waals surface area contributed by atoms with Gasteiger partial charge in [0.25, 0.3) is 0 Å². The van der Waals surface area contributed by atoms with Crippen molar-refractivity contribution in [3.63, 3.8) is 0 Å². The lowest BCUT2D eigenvalue weighted by Crippen LogP contribution is -2.34. The molecule has 3 atom stereocenters. The zero-order valence-corrected chi connectivity index (χ0v) is 9.49. The van der Waals surface area contributed by atoms with Gasteiger partial charge < -0.3 is 9.47 Å². The minimum atomic E-state index is -0.577. The summed E-state index contributed by atoms with van der Waals surface area (Å²) in [6.07, 6.45) is 0.226. The van der Waals surface area contributed by atoms with E-state index in [2.05, 4.69) is 0 Å². The largest absolute Gasteiger partial charge is 0.381 e. The standard InChI is InChI=1S/C11H18O4/c1-7(10(12)8(2)14-3)11(13)9-4-5-15-6-9/h7-9H,4-6H2,1-3H3. The number of ketones is 2. The number of ether oxygens (including phenoxy) is 2. The van der Waals surface area contributed by atoms with Gasteiger partial charge in [0, 0.05) is 19.6 Å². The molecule has 0 radical (unpaired) electrons. The molecule has 0 aliphatic carbocycles. The lowest BCUT2D eigenvalue weighted by atomic mass is 9.89. The highest BCUT2D eigenvalue weighted by Crippen LogP contribution is 2.19. The first kappa shape index (κ1) is 12.3. The predicted octanol–water partition coefficient (Wildman–Crippen LogP) is 0.832. The molecule has 0 aromatic carbocycles. The van der Waals surface area contributed by atoms with E-state index in [4.69, 9.17) is 9.47 Å². The molecule has 1 aliphatic rings. The van der Waals surface area contributed by atoms with Gasteiger partial charge in [0.15, 0.2) is 5.78 Å². The summed E-state index contributed by atoms with van der Waals surface area (Å²) in [5, 5.41) is 0. The molecule has 0 aromatic rings. The molecule has 15 heavy (non-hydrogen) atoms. The second-order valence-corrected chi connectivity index (χ2v) is 3.96. The highest BCUT2D eigenvalue weighted by Gasteiger charge is 2.33. The Labute approximate surface area is 89.9 Å². The molecule has 1 fully saturated rings. The average molecular weight is 214 g/mol. The summed E-state index contributed by atoms with van der Waals surface area (Å²) in [5.74, 6) is -0.838. The van der Waals surface area contributed by atoms with Crippen molar-refractivity contribution in [1.29, 1.82) is 0 Å². The van der Waals surface area contributed by atoms with E-state index < -0.39 is 12.0 Å². The summed E-state index contributed by atoms with van der Waals surface area (Å²) in [6.45, 7) is 4.39. The number of hydrogen-bond acceptors (Lipinski definition) is 4. The number of methoxy groups -OCH3 is 1. The van der Waals surface area contributed by atoms with Gasteiger partial charge in [0.05, 0.1) is 12.5 Å². The summed E-state index contributed by atoms with van der Waals surface area (Å²) >= 11 is 0. The first-order valence-corrected chi connectivity index (χ1v) is 5.26. The van der Waals surface area contributed by atoms with Crippen LogP contribution in [0, 0.1) is 11.8 Å². The highest BCUT2D eigenvalue weighted by atomic mass is 16.5. The van der Waals surface area contributed by atoms with Gasteiger partial charge in [-0.3, -0.25) is 9.59 Å². The van der Waals surface area contributed by atoms with Gasteiger partial charge in [-0.15, -0.1) is 0 Å². The van der Waals surface area contributed by atoms with E-state index in [9.17, 15) is 9.59 Å². The minimum Gasteiger partial charge on any atom is -0.381 e. The molecule has 4 nitrogen and oxygen atoms in total. The van der Waals surface area contributed by atoms with Crippen LogP contribution in [0.2, 0.25) is 0 Å². The molecule has 0 aromatic heterocycles. The van der Waals surface area contributed by atoms with Crippen LogP contribution in [0.3, 0.4) is 0 Å². The quantitative estimate of drug-likeness (QED) is 0.636. The third-order valence-electron chi connectivity index (χ3n) is 2.94. The Morgan fingerprint density at radius 1 is 1.40 bits per heavy atom. The Morgan fingerprint density at radius 3 is 2.53 bits per heavy atom. The second-order valence-electron chi connectivity index (χ2n) is 3.96. The SMILES string of the molecule is COC(C)C(=O)C(C)C(=O)C1CCOC1. The zero-order chi connectivity index (χ0) is 11.4. The summed E-state index contributed by atoms with van der Waals surface area (Å²) < 4.78 is 10.0. The molecular weight excluding hydrogens is 196 g/mol. The number of Topliss-reactive ketones (excluding diaryl/α,β-unsaturated/α-hetero) is 2. The Hall–Kier alpha value is -0.740. The van der Waals surface area contributed by atoms with Crippen LogP contribution in [-0.2, 0) is 19.1 Å². The van der Waals surface area contributed by atoms with Crippen LogP contribution in [0.15, 0.2) is 0 Å². The maximum Gasteiger partial charge on any atom is 0.171 e. The van der Waals surface area contributed by atoms with Crippen molar-refractivity contribution in [2.75, 3.05) is 20.3 Å². The van der Waals surface area contributed by atoms with Gasteiger partial charge in [0.2, 0.25) is 0 Å². The smallest absolute Gasteiger partial charge is 0.171 e. The molecule has 3 unspecified atom stereocenters. The van der Waals surface area contributed by atoms with E-state index in [1.165, 1.54) is 7.11 Å². The van der Waals surface area contributed by atoms with E-state index in [-0.39, 0.29) is 17.5 Å². The lowest BCUT2D eigenvalue weighted by molar-refractivity contribution is -0.139. The molecule has 0 amide bonds. The lowest BCUT2D eigenvalue weighted by Gasteiger charge is -2.16. The molecule has 4 heteroatoms. The maximum atomic E-state index is 11.9. The van der Waals surface area contributed by atoms with E-state index in [1.54, 1.807) is 13.8 Å². The fraction of sp³-hybridized carbons (Fsp3) is 0.818. The molecule has 0 bridgehead atoms. The van der Waals surface area contributed by atoms with Crippen LogP contribution in [0.5, 0.6) is 0 Å².